The minimum Gasteiger partial charge on any atom is -0.508 e. The highest BCUT2D eigenvalue weighted by molar-refractivity contribution is 5.28. The molecule has 1 unspecified atom stereocenters. The monoisotopic (exact) mass is 318 g/mol. The number of ether oxygens (including phenoxy) is 1. The maximum Gasteiger partial charge on any atom is 0.115 e. The van der Waals surface area contributed by atoms with E-state index in [2.05, 4.69) is 36.4 Å². The van der Waals surface area contributed by atoms with Gasteiger partial charge in [-0.25, -0.2) is 0 Å². The summed E-state index contributed by atoms with van der Waals surface area (Å²) >= 11 is 0. The van der Waals surface area contributed by atoms with E-state index < -0.39 is 0 Å². The first kappa shape index (κ1) is 16.3. The van der Waals surface area contributed by atoms with Crippen molar-refractivity contribution in [1.82, 2.24) is 0 Å². The fourth-order valence-corrected chi connectivity index (χ4v) is 2.75. The van der Waals surface area contributed by atoms with Gasteiger partial charge in [-0.3, -0.25) is 0 Å². The average Bonchev–Trinajstić information content (AvgIpc) is 2.64. The number of aromatic hydroxyl groups is 1. The van der Waals surface area contributed by atoms with Gasteiger partial charge in [0.2, 0.25) is 0 Å². The molecule has 0 aliphatic carbocycles. The lowest BCUT2D eigenvalue weighted by atomic mass is 10.0. The fourth-order valence-electron chi connectivity index (χ4n) is 2.75. The second-order valence-electron chi connectivity index (χ2n) is 5.90. The van der Waals surface area contributed by atoms with Crippen molar-refractivity contribution >= 4 is 0 Å². The highest BCUT2D eigenvalue weighted by Gasteiger charge is 2.13. The molecule has 0 fully saturated rings. The van der Waals surface area contributed by atoms with E-state index >= 15 is 0 Å². The van der Waals surface area contributed by atoms with Crippen LogP contribution < -0.4 is 0 Å². The van der Waals surface area contributed by atoms with Crippen molar-refractivity contribution in [3.63, 3.8) is 0 Å². The van der Waals surface area contributed by atoms with Gasteiger partial charge in [-0.05, 0) is 41.7 Å². The number of phenolic OH excluding ortho intramolecular Hbond substituents is 1. The van der Waals surface area contributed by atoms with E-state index in [-0.39, 0.29) is 11.9 Å². The lowest BCUT2D eigenvalue weighted by molar-refractivity contribution is 0.0340. The number of phenols is 1. The van der Waals surface area contributed by atoms with Crippen LogP contribution in [-0.4, -0.2) is 5.11 Å². The number of rotatable bonds is 7. The first-order valence-electron chi connectivity index (χ1n) is 8.29. The molecule has 0 amide bonds. The number of aryl methyl sites for hydroxylation is 1. The van der Waals surface area contributed by atoms with Crippen LogP contribution in [0.25, 0.3) is 0 Å². The minimum atomic E-state index is 0.00557. The molecule has 0 bridgehead atoms. The van der Waals surface area contributed by atoms with Crippen LogP contribution in [0.4, 0.5) is 0 Å². The summed E-state index contributed by atoms with van der Waals surface area (Å²) in [6.07, 6.45) is 1.87. The van der Waals surface area contributed by atoms with Crippen LogP contribution in [0.15, 0.2) is 84.9 Å². The second kappa shape index (κ2) is 8.32. The number of benzene rings is 3. The zero-order valence-electron chi connectivity index (χ0n) is 13.6. The van der Waals surface area contributed by atoms with E-state index in [0.29, 0.717) is 6.61 Å². The molecule has 0 aromatic heterocycles. The number of hydrogen-bond donors (Lipinski definition) is 1. The van der Waals surface area contributed by atoms with Crippen molar-refractivity contribution in [2.45, 2.75) is 25.6 Å². The summed E-state index contributed by atoms with van der Waals surface area (Å²) in [5.41, 5.74) is 3.57. The first-order chi connectivity index (χ1) is 11.8. The van der Waals surface area contributed by atoms with Crippen molar-refractivity contribution in [1.29, 1.82) is 0 Å². The van der Waals surface area contributed by atoms with Gasteiger partial charge in [0.25, 0.3) is 0 Å². The van der Waals surface area contributed by atoms with Crippen molar-refractivity contribution < 1.29 is 9.84 Å². The highest BCUT2D eigenvalue weighted by Crippen LogP contribution is 2.26. The summed E-state index contributed by atoms with van der Waals surface area (Å²) in [6.45, 7) is 0.584. The van der Waals surface area contributed by atoms with Crippen molar-refractivity contribution in [3.05, 3.63) is 102 Å². The summed E-state index contributed by atoms with van der Waals surface area (Å²) < 4.78 is 6.19. The smallest absolute Gasteiger partial charge is 0.115 e. The van der Waals surface area contributed by atoms with Crippen LogP contribution in [0.2, 0.25) is 0 Å². The molecule has 2 nitrogen and oxygen atoms in total. The van der Waals surface area contributed by atoms with Gasteiger partial charge in [0.15, 0.2) is 0 Å². The molecular formula is C22H22O2. The third-order valence-corrected chi connectivity index (χ3v) is 4.10. The summed E-state index contributed by atoms with van der Waals surface area (Å²) in [5, 5.41) is 9.51. The zero-order chi connectivity index (χ0) is 16.6. The number of hydrogen-bond acceptors (Lipinski definition) is 2. The summed E-state index contributed by atoms with van der Waals surface area (Å²) in [5.74, 6) is 0.281. The largest absolute Gasteiger partial charge is 0.508 e. The van der Waals surface area contributed by atoms with E-state index in [0.717, 1.165) is 18.4 Å². The Morgan fingerprint density at radius 3 is 1.92 bits per heavy atom. The van der Waals surface area contributed by atoms with Crippen molar-refractivity contribution in [3.8, 4) is 5.75 Å². The van der Waals surface area contributed by atoms with E-state index in [1.807, 2.05) is 36.4 Å². The van der Waals surface area contributed by atoms with E-state index in [1.165, 1.54) is 11.1 Å². The van der Waals surface area contributed by atoms with Gasteiger partial charge in [0.05, 0.1) is 12.7 Å². The molecule has 0 spiro atoms. The van der Waals surface area contributed by atoms with Crippen molar-refractivity contribution in [2.75, 3.05) is 0 Å². The lowest BCUT2D eigenvalue weighted by Crippen LogP contribution is -2.06. The normalized spacial score (nSPS) is 12.0. The summed E-state index contributed by atoms with van der Waals surface area (Å²) in [6, 6.07) is 28.0. The molecule has 1 atom stereocenters. The Morgan fingerprint density at radius 1 is 0.708 bits per heavy atom. The van der Waals surface area contributed by atoms with Gasteiger partial charge in [-0.15, -0.1) is 0 Å². The molecule has 0 saturated heterocycles. The Hall–Kier alpha value is -2.58. The minimum absolute atomic E-state index is 0.00557. The summed E-state index contributed by atoms with van der Waals surface area (Å²) in [4.78, 5) is 0. The fraction of sp³-hybridized carbons (Fsp3) is 0.182. The van der Waals surface area contributed by atoms with Crippen LogP contribution in [0.3, 0.4) is 0 Å². The van der Waals surface area contributed by atoms with E-state index in [4.69, 9.17) is 4.74 Å². The molecular weight excluding hydrogens is 296 g/mol. The molecule has 1 N–H and O–H groups in total. The Labute approximate surface area is 143 Å². The van der Waals surface area contributed by atoms with Gasteiger partial charge in [-0.2, -0.15) is 0 Å². The maximum atomic E-state index is 9.51. The molecule has 0 heterocycles. The Morgan fingerprint density at radius 2 is 1.29 bits per heavy atom. The molecule has 2 heteroatoms. The molecule has 0 aliphatic heterocycles. The van der Waals surface area contributed by atoms with Gasteiger partial charge >= 0.3 is 0 Å². The van der Waals surface area contributed by atoms with Crippen LogP contribution >= 0.6 is 0 Å². The Balaban J connectivity index is 1.69. The predicted octanol–water partition coefficient (Wildman–Crippen LogP) is 5.28. The van der Waals surface area contributed by atoms with Crippen molar-refractivity contribution in [2.24, 2.45) is 0 Å². The molecule has 0 radical (unpaired) electrons. The quantitative estimate of drug-likeness (QED) is 0.642. The highest BCUT2D eigenvalue weighted by atomic mass is 16.5. The third-order valence-electron chi connectivity index (χ3n) is 4.10. The molecule has 0 aliphatic rings. The second-order valence-corrected chi connectivity index (χ2v) is 5.90. The first-order valence-corrected chi connectivity index (χ1v) is 8.29. The van der Waals surface area contributed by atoms with E-state index in [1.54, 1.807) is 12.1 Å². The van der Waals surface area contributed by atoms with Crippen LogP contribution in [0.1, 0.15) is 29.2 Å². The molecule has 122 valence electrons. The van der Waals surface area contributed by atoms with Gasteiger partial charge < -0.3 is 9.84 Å². The van der Waals surface area contributed by atoms with Gasteiger partial charge in [0.1, 0.15) is 5.75 Å². The molecule has 3 aromatic rings. The Bertz CT molecular complexity index is 677. The van der Waals surface area contributed by atoms with Crippen LogP contribution in [0, 0.1) is 0 Å². The molecule has 3 aromatic carbocycles. The molecule has 0 saturated carbocycles. The SMILES string of the molecule is Oc1ccc(C(CCc2ccccc2)OCc2ccccc2)cc1. The third kappa shape index (κ3) is 4.71. The zero-order valence-corrected chi connectivity index (χ0v) is 13.6. The summed E-state index contributed by atoms with van der Waals surface area (Å²) in [7, 11) is 0. The predicted molar refractivity (Wildman–Crippen MR) is 96.8 cm³/mol. The lowest BCUT2D eigenvalue weighted by Gasteiger charge is -2.19. The molecule has 3 rings (SSSR count). The maximum absolute atomic E-state index is 9.51. The standard InChI is InChI=1S/C22H22O2/c23-21-14-12-20(13-15-21)22(16-11-18-7-3-1-4-8-18)24-17-19-9-5-2-6-10-19/h1-10,12-15,22-23H,11,16-17H2. The Kier molecular flexibility index (Phi) is 5.65. The topological polar surface area (TPSA) is 29.5 Å². The average molecular weight is 318 g/mol. The van der Waals surface area contributed by atoms with Gasteiger partial charge in [-0.1, -0.05) is 72.8 Å². The van der Waals surface area contributed by atoms with Crippen LogP contribution in [0.5, 0.6) is 5.75 Å². The van der Waals surface area contributed by atoms with E-state index in [9.17, 15) is 5.11 Å². The van der Waals surface area contributed by atoms with Crippen LogP contribution in [-0.2, 0) is 17.8 Å². The molecule has 24 heavy (non-hydrogen) atoms. The van der Waals surface area contributed by atoms with Gasteiger partial charge in [0, 0.05) is 0 Å².